The standard InChI is InChI=1S/C19H19N3OS/c20-11-13-9-10-22(12-13)19(23)15-7-5-14(6-8-15)18-21-16-3-1-2-4-17(16)24-18/h1-8,13H,9-12,20H2/t13-/m0/s1. The number of amides is 1. The smallest absolute Gasteiger partial charge is 0.253 e. The van der Waals surface area contributed by atoms with Crippen LogP contribution in [0.25, 0.3) is 20.8 Å². The van der Waals surface area contributed by atoms with Crippen molar-refractivity contribution in [1.82, 2.24) is 9.88 Å². The quantitative estimate of drug-likeness (QED) is 0.797. The van der Waals surface area contributed by atoms with Crippen LogP contribution >= 0.6 is 11.3 Å². The third-order valence-corrected chi connectivity index (χ3v) is 5.66. The van der Waals surface area contributed by atoms with Crippen molar-refractivity contribution >= 4 is 27.5 Å². The Balaban J connectivity index is 1.55. The normalized spacial score (nSPS) is 17.5. The number of benzene rings is 2. The maximum absolute atomic E-state index is 12.6. The van der Waals surface area contributed by atoms with Crippen LogP contribution in [0.5, 0.6) is 0 Å². The summed E-state index contributed by atoms with van der Waals surface area (Å²) in [5, 5.41) is 0.986. The van der Waals surface area contributed by atoms with Crippen molar-refractivity contribution in [2.75, 3.05) is 19.6 Å². The van der Waals surface area contributed by atoms with Crippen molar-refractivity contribution in [3.05, 3.63) is 54.1 Å². The minimum absolute atomic E-state index is 0.0989. The van der Waals surface area contributed by atoms with Gasteiger partial charge in [-0.25, -0.2) is 4.98 Å². The summed E-state index contributed by atoms with van der Waals surface area (Å²) in [6, 6.07) is 15.9. The molecule has 122 valence electrons. The second-order valence-electron chi connectivity index (χ2n) is 6.21. The van der Waals surface area contributed by atoms with Gasteiger partial charge in [0.05, 0.1) is 10.2 Å². The fraction of sp³-hybridized carbons (Fsp3) is 0.263. The Kier molecular flexibility index (Phi) is 4.04. The summed E-state index contributed by atoms with van der Waals surface area (Å²) in [6.07, 6.45) is 1.01. The lowest BCUT2D eigenvalue weighted by molar-refractivity contribution is 0.0787. The molecule has 2 heterocycles. The van der Waals surface area contributed by atoms with Gasteiger partial charge >= 0.3 is 0 Å². The third kappa shape index (κ3) is 2.81. The van der Waals surface area contributed by atoms with Crippen LogP contribution in [-0.4, -0.2) is 35.4 Å². The molecule has 1 aliphatic heterocycles. The highest BCUT2D eigenvalue weighted by Crippen LogP contribution is 2.30. The Hall–Kier alpha value is -2.24. The van der Waals surface area contributed by atoms with Gasteiger partial charge in [0.25, 0.3) is 5.91 Å². The maximum Gasteiger partial charge on any atom is 0.253 e. The number of hydrogen-bond acceptors (Lipinski definition) is 4. The van der Waals surface area contributed by atoms with Crippen LogP contribution < -0.4 is 5.73 Å². The number of thiazole rings is 1. The minimum Gasteiger partial charge on any atom is -0.338 e. The fourth-order valence-electron chi connectivity index (χ4n) is 3.14. The number of fused-ring (bicyclic) bond motifs is 1. The molecular weight excluding hydrogens is 318 g/mol. The van der Waals surface area contributed by atoms with E-state index in [4.69, 9.17) is 5.73 Å². The largest absolute Gasteiger partial charge is 0.338 e. The highest BCUT2D eigenvalue weighted by atomic mass is 32.1. The summed E-state index contributed by atoms with van der Waals surface area (Å²) < 4.78 is 1.18. The first-order valence-electron chi connectivity index (χ1n) is 8.20. The van der Waals surface area contributed by atoms with E-state index in [1.165, 1.54) is 4.70 Å². The maximum atomic E-state index is 12.6. The van der Waals surface area contributed by atoms with Crippen molar-refractivity contribution in [3.8, 4) is 10.6 Å². The van der Waals surface area contributed by atoms with Crippen LogP contribution in [0.2, 0.25) is 0 Å². The molecule has 2 N–H and O–H groups in total. The molecule has 0 radical (unpaired) electrons. The fourth-order valence-corrected chi connectivity index (χ4v) is 4.11. The van der Waals surface area contributed by atoms with Gasteiger partial charge in [0, 0.05) is 24.2 Å². The van der Waals surface area contributed by atoms with E-state index in [9.17, 15) is 4.79 Å². The molecule has 1 amide bonds. The van der Waals surface area contributed by atoms with E-state index in [0.717, 1.165) is 41.2 Å². The molecule has 1 saturated heterocycles. The van der Waals surface area contributed by atoms with Crippen LogP contribution in [0, 0.1) is 5.92 Å². The average molecular weight is 337 g/mol. The number of aromatic nitrogens is 1. The summed E-state index contributed by atoms with van der Waals surface area (Å²) in [5.41, 5.74) is 8.51. The Morgan fingerprint density at radius 2 is 2.00 bits per heavy atom. The van der Waals surface area contributed by atoms with E-state index >= 15 is 0 Å². The number of carbonyl (C=O) groups is 1. The van der Waals surface area contributed by atoms with Crippen LogP contribution in [0.1, 0.15) is 16.8 Å². The van der Waals surface area contributed by atoms with E-state index in [2.05, 4.69) is 11.1 Å². The molecule has 5 heteroatoms. The van der Waals surface area contributed by atoms with Crippen LogP contribution in [0.3, 0.4) is 0 Å². The number of likely N-dealkylation sites (tertiary alicyclic amines) is 1. The van der Waals surface area contributed by atoms with Gasteiger partial charge in [0.2, 0.25) is 0 Å². The van der Waals surface area contributed by atoms with Gasteiger partial charge in [-0.1, -0.05) is 24.3 Å². The highest BCUT2D eigenvalue weighted by molar-refractivity contribution is 7.21. The number of para-hydroxylation sites is 1. The van der Waals surface area contributed by atoms with Crippen LogP contribution in [0.15, 0.2) is 48.5 Å². The monoisotopic (exact) mass is 337 g/mol. The Labute approximate surface area is 144 Å². The van der Waals surface area contributed by atoms with Gasteiger partial charge in [0.15, 0.2) is 0 Å². The second-order valence-corrected chi connectivity index (χ2v) is 7.24. The van der Waals surface area contributed by atoms with E-state index in [0.29, 0.717) is 12.5 Å². The lowest BCUT2D eigenvalue weighted by Crippen LogP contribution is -2.29. The van der Waals surface area contributed by atoms with Gasteiger partial charge in [-0.05, 0) is 43.1 Å². The van der Waals surface area contributed by atoms with Crippen LogP contribution in [0.4, 0.5) is 0 Å². The summed E-state index contributed by atoms with van der Waals surface area (Å²) in [5.74, 6) is 0.540. The lowest BCUT2D eigenvalue weighted by atomic mass is 10.1. The minimum atomic E-state index is 0.0989. The SMILES string of the molecule is NC[C@@H]1CCN(C(=O)c2ccc(-c3nc4ccccc4s3)cc2)C1. The molecule has 3 aromatic rings. The molecule has 2 aromatic carbocycles. The van der Waals surface area contributed by atoms with Gasteiger partial charge in [-0.2, -0.15) is 0 Å². The number of nitrogens with two attached hydrogens (primary N) is 1. The molecular formula is C19H19N3OS. The van der Waals surface area contributed by atoms with E-state index in [1.54, 1.807) is 11.3 Å². The zero-order chi connectivity index (χ0) is 16.5. The summed E-state index contributed by atoms with van der Waals surface area (Å²) in [4.78, 5) is 19.1. The van der Waals surface area contributed by atoms with Gasteiger partial charge in [0.1, 0.15) is 5.01 Å². The number of rotatable bonds is 3. The van der Waals surface area contributed by atoms with Crippen LogP contribution in [-0.2, 0) is 0 Å². The van der Waals surface area contributed by atoms with Gasteiger partial charge in [-0.3, -0.25) is 4.79 Å². The average Bonchev–Trinajstić information content (AvgIpc) is 3.28. The van der Waals surface area contributed by atoms with Crippen molar-refractivity contribution in [3.63, 3.8) is 0 Å². The zero-order valence-electron chi connectivity index (χ0n) is 13.3. The summed E-state index contributed by atoms with van der Waals surface area (Å²) >= 11 is 1.67. The molecule has 4 rings (SSSR count). The number of hydrogen-bond donors (Lipinski definition) is 1. The molecule has 0 aliphatic carbocycles. The summed E-state index contributed by atoms with van der Waals surface area (Å²) in [7, 11) is 0. The molecule has 1 atom stereocenters. The first-order chi connectivity index (χ1) is 11.7. The van der Waals surface area contributed by atoms with E-state index in [1.807, 2.05) is 47.4 Å². The Morgan fingerprint density at radius 3 is 2.71 bits per heavy atom. The van der Waals surface area contributed by atoms with Gasteiger partial charge < -0.3 is 10.6 Å². The molecule has 24 heavy (non-hydrogen) atoms. The number of nitrogens with zero attached hydrogens (tertiary/aromatic N) is 2. The van der Waals surface area contributed by atoms with Gasteiger partial charge in [-0.15, -0.1) is 11.3 Å². The van der Waals surface area contributed by atoms with Crippen molar-refractivity contribution in [2.45, 2.75) is 6.42 Å². The Morgan fingerprint density at radius 1 is 1.21 bits per heavy atom. The highest BCUT2D eigenvalue weighted by Gasteiger charge is 2.25. The molecule has 0 saturated carbocycles. The zero-order valence-corrected chi connectivity index (χ0v) is 14.1. The number of carbonyl (C=O) groups excluding carboxylic acids is 1. The van der Waals surface area contributed by atoms with Crippen molar-refractivity contribution in [1.29, 1.82) is 0 Å². The molecule has 1 aliphatic rings. The molecule has 0 bridgehead atoms. The first-order valence-corrected chi connectivity index (χ1v) is 9.01. The topological polar surface area (TPSA) is 59.2 Å². The molecule has 1 fully saturated rings. The first kappa shape index (κ1) is 15.3. The van der Waals surface area contributed by atoms with Crippen molar-refractivity contribution < 1.29 is 4.79 Å². The molecule has 0 unspecified atom stereocenters. The van der Waals surface area contributed by atoms with Crippen molar-refractivity contribution in [2.24, 2.45) is 11.7 Å². The summed E-state index contributed by atoms with van der Waals surface area (Å²) in [6.45, 7) is 2.23. The molecule has 0 spiro atoms. The molecule has 1 aromatic heterocycles. The lowest BCUT2D eigenvalue weighted by Gasteiger charge is -2.16. The second kappa shape index (κ2) is 6.34. The van der Waals surface area contributed by atoms with E-state index in [-0.39, 0.29) is 5.91 Å². The van der Waals surface area contributed by atoms with E-state index < -0.39 is 0 Å². The predicted octanol–water partition coefficient (Wildman–Crippen LogP) is 3.38. The third-order valence-electron chi connectivity index (χ3n) is 4.58. The molecule has 4 nitrogen and oxygen atoms in total. The predicted molar refractivity (Wildman–Crippen MR) is 98.1 cm³/mol. The Bertz CT molecular complexity index is 839.